The Morgan fingerprint density at radius 2 is 1.80 bits per heavy atom. The van der Waals surface area contributed by atoms with Crippen LogP contribution in [0.2, 0.25) is 0 Å². The summed E-state index contributed by atoms with van der Waals surface area (Å²) in [5, 5.41) is 2.76. The van der Waals surface area contributed by atoms with E-state index in [-0.39, 0.29) is 11.8 Å². The fourth-order valence-corrected chi connectivity index (χ4v) is 2.27. The van der Waals surface area contributed by atoms with Crippen molar-refractivity contribution in [1.29, 1.82) is 0 Å². The van der Waals surface area contributed by atoms with Gasteiger partial charge in [-0.15, -0.1) is 0 Å². The van der Waals surface area contributed by atoms with Crippen LogP contribution in [0.25, 0.3) is 0 Å². The molecular weight excluding hydrogens is 254 g/mol. The number of nitrogens with one attached hydrogen (secondary N) is 1. The summed E-state index contributed by atoms with van der Waals surface area (Å²) in [6.45, 7) is 6.67. The number of anilines is 1. The van der Waals surface area contributed by atoms with E-state index < -0.39 is 0 Å². The lowest BCUT2D eigenvalue weighted by Gasteiger charge is -2.32. The first kappa shape index (κ1) is 14.5. The first-order valence-corrected chi connectivity index (χ1v) is 6.83. The quantitative estimate of drug-likeness (QED) is 0.886. The molecule has 20 heavy (non-hydrogen) atoms. The van der Waals surface area contributed by atoms with Gasteiger partial charge in [0.2, 0.25) is 5.91 Å². The first-order chi connectivity index (χ1) is 9.47. The van der Waals surface area contributed by atoms with E-state index in [1.165, 1.54) is 6.92 Å². The van der Waals surface area contributed by atoms with Gasteiger partial charge in [-0.3, -0.25) is 9.59 Å². The average molecular weight is 275 g/mol. The molecule has 1 aliphatic heterocycles. The van der Waals surface area contributed by atoms with Gasteiger partial charge in [0.05, 0.1) is 0 Å². The predicted molar refractivity (Wildman–Crippen MR) is 78.9 cm³/mol. The zero-order chi connectivity index (χ0) is 14.7. The van der Waals surface area contributed by atoms with Crippen molar-refractivity contribution < 1.29 is 9.59 Å². The monoisotopic (exact) mass is 275 g/mol. The zero-order valence-electron chi connectivity index (χ0n) is 12.3. The molecule has 0 unspecified atom stereocenters. The molecule has 0 atom stereocenters. The molecule has 0 aromatic heterocycles. The minimum atomic E-state index is -0.128. The lowest BCUT2D eigenvalue weighted by Crippen LogP contribution is -2.47. The van der Waals surface area contributed by atoms with Crippen LogP contribution in [-0.4, -0.2) is 54.8 Å². The second kappa shape index (κ2) is 6.05. The summed E-state index contributed by atoms with van der Waals surface area (Å²) in [6.07, 6.45) is 0. The number of carbonyl (C=O) groups is 2. The Morgan fingerprint density at radius 3 is 2.40 bits per heavy atom. The molecule has 1 aromatic rings. The predicted octanol–water partition coefficient (Wildman–Crippen LogP) is 1.34. The third-order valence-electron chi connectivity index (χ3n) is 3.59. The summed E-state index contributed by atoms with van der Waals surface area (Å²) in [5.74, 6) is -0.0954. The Balaban J connectivity index is 2.15. The largest absolute Gasteiger partial charge is 0.336 e. The maximum Gasteiger partial charge on any atom is 0.254 e. The first-order valence-electron chi connectivity index (χ1n) is 6.83. The highest BCUT2D eigenvalue weighted by Gasteiger charge is 2.20. The normalized spacial score (nSPS) is 16.1. The number of likely N-dealkylation sites (N-methyl/N-ethyl adjacent to an activating group) is 1. The molecule has 108 valence electrons. The molecule has 2 rings (SSSR count). The highest BCUT2D eigenvalue weighted by atomic mass is 16.2. The fourth-order valence-electron chi connectivity index (χ4n) is 2.27. The van der Waals surface area contributed by atoms with Gasteiger partial charge in [0.15, 0.2) is 0 Å². The summed E-state index contributed by atoms with van der Waals surface area (Å²) in [5.41, 5.74) is 2.29. The van der Waals surface area contributed by atoms with Gasteiger partial charge >= 0.3 is 0 Å². The molecule has 0 radical (unpaired) electrons. The topological polar surface area (TPSA) is 52.7 Å². The van der Waals surface area contributed by atoms with Crippen LogP contribution in [-0.2, 0) is 4.79 Å². The van der Waals surface area contributed by atoms with E-state index in [9.17, 15) is 9.59 Å². The molecule has 1 aromatic carbocycles. The fraction of sp³-hybridized carbons (Fsp3) is 0.467. The number of amides is 2. The molecule has 5 nitrogen and oxygen atoms in total. The van der Waals surface area contributed by atoms with Gasteiger partial charge in [-0.2, -0.15) is 0 Å². The average Bonchev–Trinajstić information content (AvgIpc) is 2.41. The van der Waals surface area contributed by atoms with Gasteiger partial charge in [0.1, 0.15) is 0 Å². The minimum Gasteiger partial charge on any atom is -0.336 e. The van der Waals surface area contributed by atoms with Gasteiger partial charge in [0.25, 0.3) is 5.91 Å². The third-order valence-corrected chi connectivity index (χ3v) is 3.59. The van der Waals surface area contributed by atoms with Crippen molar-refractivity contribution in [3.8, 4) is 0 Å². The van der Waals surface area contributed by atoms with Crippen LogP contribution in [0.1, 0.15) is 22.8 Å². The molecule has 0 saturated carbocycles. The zero-order valence-corrected chi connectivity index (χ0v) is 12.3. The van der Waals surface area contributed by atoms with Crippen LogP contribution in [0.4, 0.5) is 5.69 Å². The van der Waals surface area contributed by atoms with E-state index in [0.29, 0.717) is 11.3 Å². The van der Waals surface area contributed by atoms with E-state index in [2.05, 4.69) is 17.3 Å². The van der Waals surface area contributed by atoms with Crippen LogP contribution in [0, 0.1) is 6.92 Å². The summed E-state index contributed by atoms with van der Waals surface area (Å²) in [6, 6.07) is 5.45. The van der Waals surface area contributed by atoms with Crippen molar-refractivity contribution in [1.82, 2.24) is 9.80 Å². The number of nitrogens with zero attached hydrogens (tertiary/aromatic N) is 2. The van der Waals surface area contributed by atoms with Crippen LogP contribution in [0.15, 0.2) is 18.2 Å². The molecule has 0 bridgehead atoms. The molecule has 1 N–H and O–H groups in total. The minimum absolute atomic E-state index is 0.0321. The number of carbonyl (C=O) groups excluding carboxylic acids is 2. The van der Waals surface area contributed by atoms with E-state index in [1.54, 1.807) is 6.07 Å². The molecular formula is C15H21N3O2. The number of rotatable bonds is 2. The highest BCUT2D eigenvalue weighted by molar-refractivity contribution is 5.97. The molecule has 0 aliphatic carbocycles. The third kappa shape index (κ3) is 3.36. The van der Waals surface area contributed by atoms with Gasteiger partial charge in [-0.1, -0.05) is 6.07 Å². The Kier molecular flexibility index (Phi) is 4.39. The standard InChI is InChI=1S/C15H21N3O2/c1-11-4-5-13(10-14(11)16-12(2)19)15(20)18-8-6-17(3)7-9-18/h4-5,10H,6-9H2,1-3H3,(H,16,19). The summed E-state index contributed by atoms with van der Waals surface area (Å²) in [4.78, 5) is 27.7. The lowest BCUT2D eigenvalue weighted by molar-refractivity contribution is -0.114. The lowest BCUT2D eigenvalue weighted by atomic mass is 10.1. The molecule has 2 amide bonds. The second-order valence-corrected chi connectivity index (χ2v) is 5.31. The summed E-state index contributed by atoms with van der Waals surface area (Å²) < 4.78 is 0. The number of piperazine rings is 1. The number of benzene rings is 1. The molecule has 1 aliphatic rings. The van der Waals surface area contributed by atoms with Crippen molar-refractivity contribution in [2.75, 3.05) is 38.5 Å². The highest BCUT2D eigenvalue weighted by Crippen LogP contribution is 2.18. The van der Waals surface area contributed by atoms with E-state index in [4.69, 9.17) is 0 Å². The summed E-state index contributed by atoms with van der Waals surface area (Å²) in [7, 11) is 2.06. The Hall–Kier alpha value is -1.88. The van der Waals surface area contributed by atoms with E-state index >= 15 is 0 Å². The van der Waals surface area contributed by atoms with Crippen molar-refractivity contribution in [3.63, 3.8) is 0 Å². The smallest absolute Gasteiger partial charge is 0.254 e. The molecule has 1 fully saturated rings. The number of hydrogen-bond acceptors (Lipinski definition) is 3. The van der Waals surface area contributed by atoms with Crippen molar-refractivity contribution in [3.05, 3.63) is 29.3 Å². The van der Waals surface area contributed by atoms with Crippen molar-refractivity contribution in [2.24, 2.45) is 0 Å². The Labute approximate surface area is 119 Å². The molecule has 1 saturated heterocycles. The molecule has 1 heterocycles. The second-order valence-electron chi connectivity index (χ2n) is 5.31. The maximum absolute atomic E-state index is 12.5. The van der Waals surface area contributed by atoms with Gasteiger partial charge < -0.3 is 15.1 Å². The Bertz CT molecular complexity index is 520. The number of hydrogen-bond donors (Lipinski definition) is 1. The van der Waals surface area contributed by atoms with Gasteiger partial charge in [-0.25, -0.2) is 0 Å². The Morgan fingerprint density at radius 1 is 1.15 bits per heavy atom. The molecule has 0 spiro atoms. The van der Waals surface area contributed by atoms with Crippen LogP contribution < -0.4 is 5.32 Å². The molecule has 5 heteroatoms. The van der Waals surface area contributed by atoms with Crippen molar-refractivity contribution >= 4 is 17.5 Å². The van der Waals surface area contributed by atoms with Gasteiger partial charge in [-0.05, 0) is 31.7 Å². The van der Waals surface area contributed by atoms with Crippen LogP contribution in [0.3, 0.4) is 0 Å². The summed E-state index contributed by atoms with van der Waals surface area (Å²) >= 11 is 0. The van der Waals surface area contributed by atoms with Crippen LogP contribution in [0.5, 0.6) is 0 Å². The SMILES string of the molecule is CC(=O)Nc1cc(C(=O)N2CCN(C)CC2)ccc1C. The van der Waals surface area contributed by atoms with E-state index in [1.807, 2.05) is 24.0 Å². The number of aryl methyl sites for hydroxylation is 1. The van der Waals surface area contributed by atoms with Gasteiger partial charge in [0, 0.05) is 44.4 Å². The van der Waals surface area contributed by atoms with E-state index in [0.717, 1.165) is 31.7 Å². The maximum atomic E-state index is 12.5. The van der Waals surface area contributed by atoms with Crippen LogP contribution >= 0.6 is 0 Å². The van der Waals surface area contributed by atoms with Crippen molar-refractivity contribution in [2.45, 2.75) is 13.8 Å².